The molecule has 2 N–H and O–H groups in total. The Morgan fingerprint density at radius 2 is 2.00 bits per heavy atom. The van der Waals surface area contributed by atoms with E-state index in [9.17, 15) is 9.18 Å². The van der Waals surface area contributed by atoms with Crippen molar-refractivity contribution in [3.05, 3.63) is 70.6 Å². The van der Waals surface area contributed by atoms with Crippen molar-refractivity contribution in [1.82, 2.24) is 4.57 Å². The van der Waals surface area contributed by atoms with Crippen LogP contribution in [0.25, 0.3) is 10.9 Å². The molecule has 0 saturated heterocycles. The minimum Gasteiger partial charge on any atom is -0.366 e. The van der Waals surface area contributed by atoms with E-state index in [-0.39, 0.29) is 5.82 Å². The smallest absolute Gasteiger partial charge is 0.250 e. The molecule has 0 aliphatic heterocycles. The number of aromatic nitrogens is 1. The average Bonchev–Trinajstić information content (AvgIpc) is 2.81. The Morgan fingerprint density at radius 3 is 2.71 bits per heavy atom. The van der Waals surface area contributed by atoms with Crippen molar-refractivity contribution in [2.24, 2.45) is 5.73 Å². The monoisotopic (exact) mass is 302 g/mol. The van der Waals surface area contributed by atoms with Crippen LogP contribution < -0.4 is 5.73 Å². The van der Waals surface area contributed by atoms with Gasteiger partial charge in [0.1, 0.15) is 5.82 Å². The number of rotatable bonds is 3. The van der Waals surface area contributed by atoms with E-state index in [0.29, 0.717) is 17.1 Å². The van der Waals surface area contributed by atoms with Crippen LogP contribution in [0.15, 0.2) is 48.7 Å². The van der Waals surface area contributed by atoms with Crippen molar-refractivity contribution in [3.8, 4) is 0 Å². The molecule has 0 saturated carbocycles. The molecule has 0 radical (unpaired) electrons. The summed E-state index contributed by atoms with van der Waals surface area (Å²) in [4.78, 5) is 11.5. The van der Waals surface area contributed by atoms with Gasteiger partial charge in [0.05, 0.1) is 5.56 Å². The molecule has 21 heavy (non-hydrogen) atoms. The molecule has 3 nitrogen and oxygen atoms in total. The van der Waals surface area contributed by atoms with Crippen LogP contribution in [-0.4, -0.2) is 10.5 Å². The molecule has 106 valence electrons. The molecular weight excluding hydrogens is 291 g/mol. The molecule has 0 aliphatic carbocycles. The van der Waals surface area contributed by atoms with Crippen LogP contribution in [-0.2, 0) is 6.54 Å². The predicted molar refractivity (Wildman–Crippen MR) is 81.0 cm³/mol. The lowest BCUT2D eigenvalue weighted by atomic mass is 10.2. The maximum atomic E-state index is 13.1. The number of benzene rings is 2. The van der Waals surface area contributed by atoms with Crippen LogP contribution in [0.5, 0.6) is 0 Å². The molecule has 0 spiro atoms. The van der Waals surface area contributed by atoms with Crippen molar-refractivity contribution < 1.29 is 9.18 Å². The molecule has 1 amide bonds. The third-order valence-electron chi connectivity index (χ3n) is 3.41. The lowest BCUT2D eigenvalue weighted by molar-refractivity contribution is 0.100. The highest BCUT2D eigenvalue weighted by Crippen LogP contribution is 2.24. The lowest BCUT2D eigenvalue weighted by Crippen LogP contribution is -2.10. The summed E-state index contributed by atoms with van der Waals surface area (Å²) in [6, 6.07) is 11.8. The molecule has 0 fully saturated rings. The SMILES string of the molecule is NC(=O)c1cn(Cc2ccc(F)cc2Cl)c2ccccc12. The van der Waals surface area contributed by atoms with Gasteiger partial charge < -0.3 is 10.3 Å². The topological polar surface area (TPSA) is 48.0 Å². The van der Waals surface area contributed by atoms with Crippen molar-refractivity contribution >= 4 is 28.4 Å². The van der Waals surface area contributed by atoms with E-state index in [2.05, 4.69) is 0 Å². The summed E-state index contributed by atoms with van der Waals surface area (Å²) in [5, 5.41) is 1.15. The molecule has 0 bridgehead atoms. The third-order valence-corrected chi connectivity index (χ3v) is 3.76. The zero-order valence-electron chi connectivity index (χ0n) is 11.0. The molecule has 3 rings (SSSR count). The quantitative estimate of drug-likeness (QED) is 0.790. The Balaban J connectivity index is 2.10. The Morgan fingerprint density at radius 1 is 1.24 bits per heavy atom. The van der Waals surface area contributed by atoms with E-state index in [4.69, 9.17) is 17.3 Å². The van der Waals surface area contributed by atoms with Crippen molar-refractivity contribution in [3.63, 3.8) is 0 Å². The van der Waals surface area contributed by atoms with Crippen LogP contribution in [0.3, 0.4) is 0 Å². The molecule has 5 heteroatoms. The Hall–Kier alpha value is -2.33. The highest BCUT2D eigenvalue weighted by Gasteiger charge is 2.13. The molecule has 2 aromatic carbocycles. The number of hydrogen-bond acceptors (Lipinski definition) is 1. The standard InChI is InChI=1S/C16H12ClFN2O/c17-14-7-11(18)6-5-10(14)8-20-9-13(16(19)21)12-3-1-2-4-15(12)20/h1-7,9H,8H2,(H2,19,21). The van der Waals surface area contributed by atoms with E-state index < -0.39 is 5.91 Å². The van der Waals surface area contributed by atoms with Crippen LogP contribution in [0, 0.1) is 5.82 Å². The van der Waals surface area contributed by atoms with Crippen molar-refractivity contribution in [1.29, 1.82) is 0 Å². The second-order valence-corrected chi connectivity index (χ2v) is 5.20. The first-order chi connectivity index (χ1) is 10.1. The van der Waals surface area contributed by atoms with Crippen LogP contribution in [0.2, 0.25) is 5.02 Å². The minimum absolute atomic E-state index is 0.355. The molecule has 0 atom stereocenters. The summed E-state index contributed by atoms with van der Waals surface area (Å²) in [6.45, 7) is 0.437. The number of carbonyl (C=O) groups is 1. The Bertz CT molecular complexity index is 841. The van der Waals surface area contributed by atoms with E-state index in [1.807, 2.05) is 28.8 Å². The number of para-hydroxylation sites is 1. The minimum atomic E-state index is -0.477. The molecule has 1 aromatic heterocycles. The zero-order valence-corrected chi connectivity index (χ0v) is 11.8. The molecular formula is C16H12ClFN2O. The fourth-order valence-electron chi connectivity index (χ4n) is 2.41. The Labute approximate surface area is 125 Å². The van der Waals surface area contributed by atoms with Crippen LogP contribution >= 0.6 is 11.6 Å². The average molecular weight is 303 g/mol. The summed E-state index contributed by atoms with van der Waals surface area (Å²) in [6.07, 6.45) is 1.70. The van der Waals surface area contributed by atoms with Crippen molar-refractivity contribution in [2.45, 2.75) is 6.54 Å². The summed E-state index contributed by atoms with van der Waals surface area (Å²) in [7, 11) is 0. The second-order valence-electron chi connectivity index (χ2n) is 4.79. The number of hydrogen-bond donors (Lipinski definition) is 1. The molecule has 1 heterocycles. The number of fused-ring (bicyclic) bond motifs is 1. The van der Waals surface area contributed by atoms with Gasteiger partial charge in [0, 0.05) is 28.7 Å². The normalized spacial score (nSPS) is 11.0. The van der Waals surface area contributed by atoms with Crippen molar-refractivity contribution in [2.75, 3.05) is 0 Å². The van der Waals surface area contributed by atoms with Gasteiger partial charge >= 0.3 is 0 Å². The third kappa shape index (κ3) is 2.50. The summed E-state index contributed by atoms with van der Waals surface area (Å²) >= 11 is 6.05. The lowest BCUT2D eigenvalue weighted by Gasteiger charge is -2.07. The van der Waals surface area contributed by atoms with E-state index in [0.717, 1.165) is 16.5 Å². The fourth-order valence-corrected chi connectivity index (χ4v) is 2.63. The second kappa shape index (κ2) is 5.22. The largest absolute Gasteiger partial charge is 0.366 e. The van der Waals surface area contributed by atoms with Gasteiger partial charge in [0.25, 0.3) is 5.91 Å². The van der Waals surface area contributed by atoms with Gasteiger partial charge in [-0.2, -0.15) is 0 Å². The first kappa shape index (κ1) is 13.6. The first-order valence-electron chi connectivity index (χ1n) is 6.38. The molecule has 0 aliphatic rings. The number of primary amides is 1. The number of nitrogens with two attached hydrogens (primary N) is 1. The number of carbonyl (C=O) groups excluding carboxylic acids is 1. The predicted octanol–water partition coefficient (Wildman–Crippen LogP) is 3.58. The Kier molecular flexibility index (Phi) is 3.39. The van der Waals surface area contributed by atoms with E-state index >= 15 is 0 Å². The fraction of sp³-hybridized carbons (Fsp3) is 0.0625. The van der Waals surface area contributed by atoms with Gasteiger partial charge in [-0.3, -0.25) is 4.79 Å². The van der Waals surface area contributed by atoms with Gasteiger partial charge in [-0.15, -0.1) is 0 Å². The summed E-state index contributed by atoms with van der Waals surface area (Å²) in [5.74, 6) is -0.853. The van der Waals surface area contributed by atoms with Gasteiger partial charge in [0.2, 0.25) is 0 Å². The number of nitrogens with zero attached hydrogens (tertiary/aromatic N) is 1. The summed E-state index contributed by atoms with van der Waals surface area (Å²) < 4.78 is 15.0. The van der Waals surface area contributed by atoms with Gasteiger partial charge in [-0.05, 0) is 23.8 Å². The number of halogens is 2. The highest BCUT2D eigenvalue weighted by molar-refractivity contribution is 6.31. The van der Waals surface area contributed by atoms with Crippen LogP contribution in [0.1, 0.15) is 15.9 Å². The van der Waals surface area contributed by atoms with Gasteiger partial charge in [0.15, 0.2) is 0 Å². The first-order valence-corrected chi connectivity index (χ1v) is 6.75. The van der Waals surface area contributed by atoms with Gasteiger partial charge in [-0.1, -0.05) is 35.9 Å². The highest BCUT2D eigenvalue weighted by atomic mass is 35.5. The molecule has 3 aromatic rings. The zero-order chi connectivity index (χ0) is 15.0. The maximum absolute atomic E-state index is 13.1. The van der Waals surface area contributed by atoms with Crippen LogP contribution in [0.4, 0.5) is 4.39 Å². The molecule has 0 unspecified atom stereocenters. The van der Waals surface area contributed by atoms with E-state index in [1.165, 1.54) is 12.1 Å². The maximum Gasteiger partial charge on any atom is 0.250 e. The van der Waals surface area contributed by atoms with Gasteiger partial charge in [-0.25, -0.2) is 4.39 Å². The van der Waals surface area contributed by atoms with E-state index in [1.54, 1.807) is 12.3 Å². The number of amides is 1. The summed E-state index contributed by atoms with van der Waals surface area (Å²) in [5.41, 5.74) is 7.52.